The molecule has 0 unspecified atom stereocenters. The topological polar surface area (TPSA) is 104 Å². The first-order chi connectivity index (χ1) is 13.8. The number of carbonyl (C=O) groups excluding carboxylic acids is 2. The van der Waals surface area contributed by atoms with E-state index in [0.717, 1.165) is 0 Å². The average molecular weight is 409 g/mol. The van der Waals surface area contributed by atoms with E-state index in [1.807, 2.05) is 0 Å². The molecule has 7 nitrogen and oxygen atoms in total. The zero-order valence-electron chi connectivity index (χ0n) is 15.5. The quantitative estimate of drug-likeness (QED) is 0.577. The van der Waals surface area contributed by atoms with Crippen LogP contribution in [-0.2, 0) is 14.8 Å². The highest BCUT2D eigenvalue weighted by Gasteiger charge is 2.18. The molecule has 3 rings (SSSR count). The molecule has 0 bridgehead atoms. The predicted molar refractivity (Wildman–Crippen MR) is 112 cm³/mol. The van der Waals surface area contributed by atoms with E-state index in [-0.39, 0.29) is 22.1 Å². The van der Waals surface area contributed by atoms with Gasteiger partial charge in [0, 0.05) is 18.3 Å². The number of benzene rings is 3. The molecule has 0 aromatic heterocycles. The minimum atomic E-state index is -3.84. The molecule has 29 heavy (non-hydrogen) atoms. The maximum Gasteiger partial charge on any atom is 0.261 e. The molecule has 0 heterocycles. The zero-order valence-corrected chi connectivity index (χ0v) is 16.4. The Labute approximate surface area is 168 Å². The van der Waals surface area contributed by atoms with Crippen molar-refractivity contribution in [2.24, 2.45) is 0 Å². The molecule has 148 valence electrons. The van der Waals surface area contributed by atoms with Crippen LogP contribution >= 0.6 is 0 Å². The van der Waals surface area contributed by atoms with Crippen molar-refractivity contribution in [2.75, 3.05) is 15.4 Å². The summed E-state index contributed by atoms with van der Waals surface area (Å²) in [6.45, 7) is 1.39. The minimum absolute atomic E-state index is 0.0956. The summed E-state index contributed by atoms with van der Waals surface area (Å²) in [5.41, 5.74) is 1.32. The fourth-order valence-corrected chi connectivity index (χ4v) is 3.75. The second-order valence-electron chi connectivity index (χ2n) is 6.18. The molecule has 3 aromatic rings. The van der Waals surface area contributed by atoms with Crippen molar-refractivity contribution in [3.05, 3.63) is 84.4 Å². The largest absolute Gasteiger partial charge is 0.326 e. The van der Waals surface area contributed by atoms with Gasteiger partial charge >= 0.3 is 0 Å². The summed E-state index contributed by atoms with van der Waals surface area (Å²) in [4.78, 5) is 24.1. The van der Waals surface area contributed by atoms with Gasteiger partial charge in [-0.25, -0.2) is 8.42 Å². The molecule has 3 aromatic carbocycles. The van der Waals surface area contributed by atoms with Crippen LogP contribution in [-0.4, -0.2) is 20.2 Å². The first kappa shape index (κ1) is 20.1. The highest BCUT2D eigenvalue weighted by molar-refractivity contribution is 7.92. The average Bonchev–Trinajstić information content (AvgIpc) is 2.68. The summed E-state index contributed by atoms with van der Waals surface area (Å²) >= 11 is 0. The number of rotatable bonds is 6. The first-order valence-corrected chi connectivity index (χ1v) is 10.2. The Bertz CT molecular complexity index is 1150. The molecular formula is C21H19N3O4S. The third-order valence-electron chi connectivity index (χ3n) is 3.91. The predicted octanol–water partition coefficient (Wildman–Crippen LogP) is 3.70. The van der Waals surface area contributed by atoms with E-state index in [9.17, 15) is 18.0 Å². The highest BCUT2D eigenvalue weighted by atomic mass is 32.2. The number of amides is 2. The van der Waals surface area contributed by atoms with E-state index in [1.165, 1.54) is 31.2 Å². The van der Waals surface area contributed by atoms with Gasteiger partial charge in [0.15, 0.2) is 0 Å². The van der Waals surface area contributed by atoms with Crippen molar-refractivity contribution >= 4 is 38.9 Å². The highest BCUT2D eigenvalue weighted by Crippen LogP contribution is 2.22. The molecule has 0 aliphatic rings. The maximum atomic E-state index is 12.8. The molecule has 0 saturated heterocycles. The van der Waals surface area contributed by atoms with Gasteiger partial charge in [0.2, 0.25) is 5.91 Å². The normalized spacial score (nSPS) is 10.8. The van der Waals surface area contributed by atoms with Gasteiger partial charge in [-0.1, -0.05) is 36.4 Å². The molecule has 0 atom stereocenters. The van der Waals surface area contributed by atoms with Crippen LogP contribution in [0.2, 0.25) is 0 Å². The number of sulfonamides is 1. The molecule has 0 aliphatic heterocycles. The number of carbonyl (C=O) groups is 2. The third kappa shape index (κ3) is 5.20. The Balaban J connectivity index is 1.83. The summed E-state index contributed by atoms with van der Waals surface area (Å²) in [7, 11) is -3.84. The van der Waals surface area contributed by atoms with Gasteiger partial charge < -0.3 is 10.6 Å². The van der Waals surface area contributed by atoms with Crippen LogP contribution in [0, 0.1) is 0 Å². The monoisotopic (exact) mass is 409 g/mol. The van der Waals surface area contributed by atoms with Gasteiger partial charge in [-0.05, 0) is 42.5 Å². The summed E-state index contributed by atoms with van der Waals surface area (Å²) in [5.74, 6) is -0.717. The Morgan fingerprint density at radius 3 is 2.07 bits per heavy atom. The summed E-state index contributed by atoms with van der Waals surface area (Å²) in [5, 5.41) is 5.35. The van der Waals surface area contributed by atoms with Gasteiger partial charge in [0.1, 0.15) is 0 Å². The second-order valence-corrected chi connectivity index (χ2v) is 7.86. The van der Waals surface area contributed by atoms with Crippen molar-refractivity contribution in [1.29, 1.82) is 0 Å². The third-order valence-corrected chi connectivity index (χ3v) is 5.29. The molecule has 3 N–H and O–H groups in total. The van der Waals surface area contributed by atoms with Crippen molar-refractivity contribution in [3.63, 3.8) is 0 Å². The van der Waals surface area contributed by atoms with Gasteiger partial charge in [-0.3, -0.25) is 14.3 Å². The Morgan fingerprint density at radius 2 is 1.38 bits per heavy atom. The Morgan fingerprint density at radius 1 is 0.759 bits per heavy atom. The van der Waals surface area contributed by atoms with Crippen molar-refractivity contribution in [2.45, 2.75) is 11.8 Å². The lowest BCUT2D eigenvalue weighted by atomic mass is 10.1. The fourth-order valence-electron chi connectivity index (χ4n) is 2.65. The number of para-hydroxylation sites is 1. The molecule has 0 radical (unpaired) electrons. The van der Waals surface area contributed by atoms with E-state index in [1.54, 1.807) is 54.6 Å². The van der Waals surface area contributed by atoms with Gasteiger partial charge in [-0.15, -0.1) is 0 Å². The SMILES string of the molecule is CC(=O)Nc1cccc(NC(=O)c2ccccc2NS(=O)(=O)c2ccccc2)c1. The lowest BCUT2D eigenvalue weighted by Gasteiger charge is -2.13. The van der Waals surface area contributed by atoms with Crippen LogP contribution in [0.1, 0.15) is 17.3 Å². The van der Waals surface area contributed by atoms with E-state index in [2.05, 4.69) is 15.4 Å². The van der Waals surface area contributed by atoms with Crippen molar-refractivity contribution in [3.8, 4) is 0 Å². The molecule has 0 spiro atoms. The zero-order chi connectivity index (χ0) is 20.9. The molecule has 8 heteroatoms. The summed E-state index contributed by atoms with van der Waals surface area (Å²) in [6.07, 6.45) is 0. The Hall–Kier alpha value is -3.65. The van der Waals surface area contributed by atoms with E-state index < -0.39 is 15.9 Å². The van der Waals surface area contributed by atoms with Crippen LogP contribution in [0.5, 0.6) is 0 Å². The first-order valence-electron chi connectivity index (χ1n) is 8.71. The lowest BCUT2D eigenvalue weighted by Crippen LogP contribution is -2.18. The maximum absolute atomic E-state index is 12.8. The molecular weight excluding hydrogens is 390 g/mol. The molecule has 2 amide bonds. The van der Waals surface area contributed by atoms with Crippen LogP contribution < -0.4 is 15.4 Å². The van der Waals surface area contributed by atoms with Crippen LogP contribution in [0.25, 0.3) is 0 Å². The van der Waals surface area contributed by atoms with Crippen LogP contribution in [0.4, 0.5) is 17.1 Å². The van der Waals surface area contributed by atoms with Crippen molar-refractivity contribution in [1.82, 2.24) is 0 Å². The van der Waals surface area contributed by atoms with Crippen LogP contribution in [0.3, 0.4) is 0 Å². The van der Waals surface area contributed by atoms with E-state index in [4.69, 9.17) is 0 Å². The minimum Gasteiger partial charge on any atom is -0.326 e. The number of hydrogen-bond acceptors (Lipinski definition) is 4. The van der Waals surface area contributed by atoms with Crippen LogP contribution in [0.15, 0.2) is 83.8 Å². The standard InChI is InChI=1S/C21H19N3O4S/c1-15(25)22-16-8-7-9-17(14-16)23-21(26)19-12-5-6-13-20(19)24-29(27,28)18-10-3-2-4-11-18/h2-14,24H,1H3,(H,22,25)(H,23,26). The summed E-state index contributed by atoms with van der Waals surface area (Å²) in [6, 6.07) is 20.9. The van der Waals surface area contributed by atoms with E-state index >= 15 is 0 Å². The smallest absolute Gasteiger partial charge is 0.261 e. The van der Waals surface area contributed by atoms with Gasteiger partial charge in [-0.2, -0.15) is 0 Å². The second kappa shape index (κ2) is 8.57. The number of anilines is 3. The summed E-state index contributed by atoms with van der Waals surface area (Å²) < 4.78 is 27.7. The lowest BCUT2D eigenvalue weighted by molar-refractivity contribution is -0.114. The number of hydrogen-bond donors (Lipinski definition) is 3. The van der Waals surface area contributed by atoms with E-state index in [0.29, 0.717) is 11.4 Å². The molecule has 0 aliphatic carbocycles. The Kier molecular flexibility index (Phi) is 5.94. The molecule has 0 saturated carbocycles. The van der Waals surface area contributed by atoms with Gasteiger partial charge in [0.05, 0.1) is 16.1 Å². The number of nitrogens with one attached hydrogen (secondary N) is 3. The van der Waals surface area contributed by atoms with Gasteiger partial charge in [0.25, 0.3) is 15.9 Å². The fraction of sp³-hybridized carbons (Fsp3) is 0.0476. The van der Waals surface area contributed by atoms with Crippen molar-refractivity contribution < 1.29 is 18.0 Å². The molecule has 0 fully saturated rings.